The second kappa shape index (κ2) is 6.06. The van der Waals surface area contributed by atoms with E-state index in [9.17, 15) is 4.79 Å². The summed E-state index contributed by atoms with van der Waals surface area (Å²) in [4.78, 5) is 17.5. The third-order valence-corrected chi connectivity index (χ3v) is 5.83. The lowest BCUT2D eigenvalue weighted by Crippen LogP contribution is -2.57. The number of hydrazine groups is 1. The van der Waals surface area contributed by atoms with Crippen molar-refractivity contribution in [3.8, 4) is 0 Å². The first-order chi connectivity index (χ1) is 11.6. The largest absolute Gasteiger partial charge is 0.302 e. The minimum Gasteiger partial charge on any atom is -0.302 e. The van der Waals surface area contributed by atoms with Crippen LogP contribution in [0.5, 0.6) is 0 Å². The van der Waals surface area contributed by atoms with Gasteiger partial charge in [-0.3, -0.25) is 20.0 Å². The number of hydrogen-bond donors (Lipinski definition) is 2. The average molecular weight is 347 g/mol. The van der Waals surface area contributed by atoms with Crippen molar-refractivity contribution >= 4 is 17.5 Å². The Morgan fingerprint density at radius 2 is 1.79 bits per heavy atom. The number of nitrogens with zero attached hydrogens (tertiary/aromatic N) is 2. The highest BCUT2D eigenvalue weighted by molar-refractivity contribution is 6.30. The molecule has 6 heteroatoms. The van der Waals surface area contributed by atoms with E-state index in [-0.39, 0.29) is 11.3 Å². The Bertz CT molecular complexity index is 667. The summed E-state index contributed by atoms with van der Waals surface area (Å²) in [7, 11) is 0. The molecule has 2 saturated heterocycles. The van der Waals surface area contributed by atoms with E-state index in [0.29, 0.717) is 10.6 Å². The second-order valence-corrected chi connectivity index (χ2v) is 7.56. The molecule has 2 fully saturated rings. The van der Waals surface area contributed by atoms with Crippen LogP contribution < -0.4 is 10.9 Å². The summed E-state index contributed by atoms with van der Waals surface area (Å²) >= 11 is 5.89. The molecule has 0 spiro atoms. The van der Waals surface area contributed by atoms with Crippen molar-refractivity contribution in [2.24, 2.45) is 5.41 Å². The standard InChI is InChI=1S/C18H23ClN4O/c1-2-18-11-22-7-8-23(12-18)10-14(9-22)16(18)20-21-17(24)13-3-5-15(19)6-4-13/h3-6,20H,2,7-12H2,1H3,(H,21,24). The van der Waals surface area contributed by atoms with Crippen molar-refractivity contribution in [1.29, 1.82) is 0 Å². The summed E-state index contributed by atoms with van der Waals surface area (Å²) in [6.45, 7) is 8.71. The molecule has 2 N–H and O–H groups in total. The van der Waals surface area contributed by atoms with E-state index < -0.39 is 0 Å². The van der Waals surface area contributed by atoms with E-state index in [0.717, 1.165) is 45.7 Å². The van der Waals surface area contributed by atoms with Gasteiger partial charge in [0.05, 0.1) is 0 Å². The van der Waals surface area contributed by atoms with Crippen molar-refractivity contribution in [2.45, 2.75) is 13.3 Å². The molecule has 0 aromatic heterocycles. The molecule has 0 saturated carbocycles. The number of hydrogen-bond acceptors (Lipinski definition) is 4. The van der Waals surface area contributed by atoms with Crippen LogP contribution in [0.3, 0.4) is 0 Å². The number of carbonyl (C=O) groups excluding carboxylic acids is 1. The lowest BCUT2D eigenvalue weighted by molar-refractivity contribution is 0.0906. The summed E-state index contributed by atoms with van der Waals surface area (Å²) in [5.41, 5.74) is 9.56. The van der Waals surface area contributed by atoms with E-state index in [1.165, 1.54) is 11.3 Å². The molecule has 4 aliphatic heterocycles. The quantitative estimate of drug-likeness (QED) is 0.817. The number of nitrogens with one attached hydrogen (secondary N) is 2. The van der Waals surface area contributed by atoms with Crippen LogP contribution >= 0.6 is 11.6 Å². The first-order valence-electron chi connectivity index (χ1n) is 8.59. The zero-order chi connectivity index (χ0) is 16.7. The fourth-order valence-electron chi connectivity index (χ4n) is 4.31. The zero-order valence-electron chi connectivity index (χ0n) is 13.9. The fraction of sp³-hybridized carbons (Fsp3) is 0.500. The lowest BCUT2D eigenvalue weighted by atomic mass is 9.74. The average Bonchev–Trinajstić information content (AvgIpc) is 2.82. The summed E-state index contributed by atoms with van der Waals surface area (Å²) < 4.78 is 0. The van der Waals surface area contributed by atoms with Crippen LogP contribution in [0.4, 0.5) is 0 Å². The number of halogens is 1. The molecule has 5 rings (SSSR count). The third kappa shape index (κ3) is 2.70. The Hall–Kier alpha value is -1.56. The maximum Gasteiger partial charge on any atom is 0.269 e. The highest BCUT2D eigenvalue weighted by Crippen LogP contribution is 2.42. The molecule has 24 heavy (non-hydrogen) atoms. The van der Waals surface area contributed by atoms with Crippen molar-refractivity contribution in [3.63, 3.8) is 0 Å². The van der Waals surface area contributed by atoms with Gasteiger partial charge in [-0.1, -0.05) is 18.5 Å². The summed E-state index contributed by atoms with van der Waals surface area (Å²) in [5.74, 6) is -0.127. The SMILES string of the molecule is CCC12CN3CCN(CC(=C1NNC(=O)c1ccc(Cl)cc1)C3)C2. The zero-order valence-corrected chi connectivity index (χ0v) is 14.7. The molecule has 0 radical (unpaired) electrons. The molecular weight excluding hydrogens is 324 g/mol. The predicted molar refractivity (Wildman–Crippen MR) is 94.7 cm³/mol. The maximum absolute atomic E-state index is 12.4. The van der Waals surface area contributed by atoms with Gasteiger partial charge in [0.15, 0.2) is 0 Å². The van der Waals surface area contributed by atoms with Gasteiger partial charge in [0.25, 0.3) is 5.91 Å². The highest BCUT2D eigenvalue weighted by atomic mass is 35.5. The minimum absolute atomic E-state index is 0.107. The van der Waals surface area contributed by atoms with Gasteiger partial charge in [-0.25, -0.2) is 0 Å². The minimum atomic E-state index is -0.127. The van der Waals surface area contributed by atoms with E-state index in [2.05, 4.69) is 27.6 Å². The van der Waals surface area contributed by atoms with Crippen LogP contribution in [0.2, 0.25) is 5.02 Å². The number of carbonyl (C=O) groups is 1. The van der Waals surface area contributed by atoms with Crippen LogP contribution in [0, 0.1) is 5.41 Å². The molecule has 2 unspecified atom stereocenters. The van der Waals surface area contributed by atoms with E-state index in [1.54, 1.807) is 24.3 Å². The molecule has 1 aromatic carbocycles. The van der Waals surface area contributed by atoms with Gasteiger partial charge in [0.1, 0.15) is 0 Å². The molecule has 0 aliphatic carbocycles. The van der Waals surface area contributed by atoms with Crippen molar-refractivity contribution in [1.82, 2.24) is 20.7 Å². The summed E-state index contributed by atoms with van der Waals surface area (Å²) in [5, 5.41) is 0.634. The Morgan fingerprint density at radius 3 is 2.38 bits per heavy atom. The Balaban J connectivity index is 1.54. The number of rotatable bonds is 4. The molecule has 128 valence electrons. The van der Waals surface area contributed by atoms with E-state index in [1.807, 2.05) is 0 Å². The van der Waals surface area contributed by atoms with E-state index in [4.69, 9.17) is 11.6 Å². The van der Waals surface area contributed by atoms with Gasteiger partial charge in [0.2, 0.25) is 0 Å². The van der Waals surface area contributed by atoms with Crippen LogP contribution in [-0.4, -0.2) is 55.0 Å². The molecule has 2 atom stereocenters. The van der Waals surface area contributed by atoms with Gasteiger partial charge < -0.3 is 5.43 Å². The molecule has 1 aromatic rings. The Morgan fingerprint density at radius 1 is 1.17 bits per heavy atom. The Kier molecular flexibility index (Phi) is 4.03. The van der Waals surface area contributed by atoms with Crippen LogP contribution in [-0.2, 0) is 0 Å². The van der Waals surface area contributed by atoms with Gasteiger partial charge in [-0.05, 0) is 36.3 Å². The van der Waals surface area contributed by atoms with Gasteiger partial charge in [0, 0.05) is 61.0 Å². The van der Waals surface area contributed by atoms with Crippen molar-refractivity contribution < 1.29 is 4.79 Å². The van der Waals surface area contributed by atoms with Crippen LogP contribution in [0.1, 0.15) is 23.7 Å². The summed E-state index contributed by atoms with van der Waals surface area (Å²) in [6, 6.07) is 6.96. The second-order valence-electron chi connectivity index (χ2n) is 7.12. The monoisotopic (exact) mass is 346 g/mol. The van der Waals surface area contributed by atoms with Crippen LogP contribution in [0.15, 0.2) is 35.5 Å². The lowest BCUT2D eigenvalue weighted by Gasteiger charge is -2.48. The molecule has 1 amide bonds. The number of amides is 1. The molecule has 5 nitrogen and oxygen atoms in total. The van der Waals surface area contributed by atoms with Crippen molar-refractivity contribution in [2.75, 3.05) is 39.3 Å². The van der Waals surface area contributed by atoms with Gasteiger partial charge in [-0.2, -0.15) is 0 Å². The molecular formula is C18H23ClN4O. The van der Waals surface area contributed by atoms with Gasteiger partial charge in [-0.15, -0.1) is 0 Å². The normalized spacial score (nSPS) is 31.1. The smallest absolute Gasteiger partial charge is 0.269 e. The highest BCUT2D eigenvalue weighted by Gasteiger charge is 2.47. The first kappa shape index (κ1) is 15.9. The molecule has 4 bridgehead atoms. The number of benzene rings is 1. The Labute approximate surface area is 147 Å². The third-order valence-electron chi connectivity index (χ3n) is 5.58. The van der Waals surface area contributed by atoms with Gasteiger partial charge >= 0.3 is 0 Å². The molecule has 4 heterocycles. The maximum atomic E-state index is 12.4. The van der Waals surface area contributed by atoms with Crippen LogP contribution in [0.25, 0.3) is 0 Å². The first-order valence-corrected chi connectivity index (χ1v) is 8.96. The van der Waals surface area contributed by atoms with E-state index >= 15 is 0 Å². The topological polar surface area (TPSA) is 47.6 Å². The van der Waals surface area contributed by atoms with Crippen molar-refractivity contribution in [3.05, 3.63) is 46.1 Å². The molecule has 4 aliphatic rings. The summed E-state index contributed by atoms with van der Waals surface area (Å²) in [6.07, 6.45) is 1.07. The fourth-order valence-corrected chi connectivity index (χ4v) is 4.44. The number of fused-ring (bicyclic) bond motifs is 1. The predicted octanol–water partition coefficient (Wildman–Crippen LogP) is 1.87.